The molecule has 0 radical (unpaired) electrons. The number of benzene rings is 1. The number of H-pyrrole nitrogens is 1. The Balaban J connectivity index is 1.29. The van der Waals surface area contributed by atoms with E-state index in [1.165, 1.54) is 0 Å². The Bertz CT molecular complexity index is 1170. The molecule has 31 heavy (non-hydrogen) atoms. The monoisotopic (exact) mass is 422 g/mol. The summed E-state index contributed by atoms with van der Waals surface area (Å²) in [6, 6.07) is 7.00. The lowest BCUT2D eigenvalue weighted by molar-refractivity contribution is 0.0622. The Morgan fingerprint density at radius 3 is 2.77 bits per heavy atom. The van der Waals surface area contributed by atoms with Crippen molar-refractivity contribution in [1.29, 1.82) is 0 Å². The maximum absolute atomic E-state index is 13.0. The van der Waals surface area contributed by atoms with Gasteiger partial charge >= 0.3 is 5.63 Å². The van der Waals surface area contributed by atoms with Crippen LogP contribution in [0.2, 0.25) is 0 Å². The van der Waals surface area contributed by atoms with Crippen molar-refractivity contribution in [3.8, 4) is 5.75 Å². The molecule has 0 unspecified atom stereocenters. The van der Waals surface area contributed by atoms with E-state index < -0.39 is 0 Å². The highest BCUT2D eigenvalue weighted by Crippen LogP contribution is 2.25. The van der Waals surface area contributed by atoms with E-state index in [4.69, 9.17) is 9.15 Å². The van der Waals surface area contributed by atoms with Gasteiger partial charge in [0.25, 0.3) is 5.91 Å². The molecule has 0 bridgehead atoms. The molecule has 0 spiro atoms. The highest BCUT2D eigenvalue weighted by molar-refractivity contribution is 5.94. The zero-order chi connectivity index (χ0) is 21.4. The maximum atomic E-state index is 13.0. The lowest BCUT2D eigenvalue weighted by Gasteiger charge is -2.34. The number of rotatable bonds is 4. The normalized spacial score (nSPS) is 17.0. The van der Waals surface area contributed by atoms with Gasteiger partial charge in [0.2, 0.25) is 0 Å². The number of hydrogen-bond acceptors (Lipinski definition) is 6. The minimum Gasteiger partial charge on any atom is -0.497 e. The molecule has 5 rings (SSSR count). The molecule has 1 aliphatic carbocycles. The van der Waals surface area contributed by atoms with Crippen LogP contribution in [0.25, 0.3) is 11.0 Å². The molecule has 8 heteroatoms. The third-order valence-electron chi connectivity index (χ3n) is 6.35. The number of aromatic nitrogens is 2. The number of carbonyl (C=O) groups is 1. The summed E-state index contributed by atoms with van der Waals surface area (Å²) in [7, 11) is 1.62. The zero-order valence-electron chi connectivity index (χ0n) is 17.6. The molecule has 1 N–H and O–H groups in total. The van der Waals surface area contributed by atoms with Gasteiger partial charge in [-0.05, 0) is 49.4 Å². The molecule has 3 aromatic rings. The lowest BCUT2D eigenvalue weighted by atomic mass is 9.95. The molecule has 1 amide bonds. The molecular weight excluding hydrogens is 396 g/mol. The number of aryl methyl sites for hydroxylation is 1. The second kappa shape index (κ2) is 8.19. The Kier molecular flexibility index (Phi) is 5.23. The number of piperazine rings is 1. The van der Waals surface area contributed by atoms with E-state index >= 15 is 0 Å². The second-order valence-corrected chi connectivity index (χ2v) is 8.26. The van der Waals surface area contributed by atoms with Gasteiger partial charge in [-0.25, -0.2) is 4.79 Å². The Morgan fingerprint density at radius 2 is 1.97 bits per heavy atom. The van der Waals surface area contributed by atoms with Crippen LogP contribution in [0.1, 0.15) is 40.2 Å². The zero-order valence-corrected chi connectivity index (χ0v) is 17.6. The summed E-state index contributed by atoms with van der Waals surface area (Å²) in [5.41, 5.74) is 3.94. The van der Waals surface area contributed by atoms with Crippen LogP contribution in [-0.2, 0) is 19.4 Å². The first kappa shape index (κ1) is 19.8. The number of ether oxygens (including phenoxy) is 1. The van der Waals surface area contributed by atoms with E-state index in [-0.39, 0.29) is 11.5 Å². The molecular formula is C23H26N4O4. The van der Waals surface area contributed by atoms with Gasteiger partial charge in [-0.3, -0.25) is 14.8 Å². The van der Waals surface area contributed by atoms with Crippen LogP contribution >= 0.6 is 0 Å². The summed E-state index contributed by atoms with van der Waals surface area (Å²) < 4.78 is 10.7. The number of fused-ring (bicyclic) bond motifs is 2. The molecule has 8 nitrogen and oxygen atoms in total. The van der Waals surface area contributed by atoms with Gasteiger partial charge in [0.15, 0.2) is 5.69 Å². The van der Waals surface area contributed by atoms with Crippen molar-refractivity contribution >= 4 is 16.9 Å². The SMILES string of the molecule is COc1ccc2oc(=O)cc(CN3CCN(C(=O)c4n[nH]c5c4CCCC5)CC3)c2c1. The van der Waals surface area contributed by atoms with Crippen LogP contribution in [0.4, 0.5) is 0 Å². The van der Waals surface area contributed by atoms with Crippen molar-refractivity contribution in [1.82, 2.24) is 20.0 Å². The summed E-state index contributed by atoms with van der Waals surface area (Å²) in [6.07, 6.45) is 4.18. The number of hydrogen-bond donors (Lipinski definition) is 1. The number of methoxy groups -OCH3 is 1. The molecule has 0 saturated carbocycles. The number of carbonyl (C=O) groups excluding carboxylic acids is 1. The van der Waals surface area contributed by atoms with Gasteiger partial charge in [0, 0.05) is 55.4 Å². The Morgan fingerprint density at radius 1 is 1.16 bits per heavy atom. The molecule has 1 aliphatic heterocycles. The predicted molar refractivity (Wildman–Crippen MR) is 115 cm³/mol. The standard InChI is InChI=1S/C23H26N4O4/c1-30-16-6-7-20-18(13-16)15(12-21(28)31-20)14-26-8-10-27(11-9-26)23(29)22-17-4-2-3-5-19(17)24-25-22/h6-7,12-13H,2-5,8-11,14H2,1H3,(H,24,25). The molecule has 1 fully saturated rings. The largest absolute Gasteiger partial charge is 0.497 e. The summed E-state index contributed by atoms with van der Waals surface area (Å²) in [5, 5.41) is 8.27. The van der Waals surface area contributed by atoms with E-state index in [0.717, 1.165) is 66.7 Å². The Labute approximate surface area is 179 Å². The molecule has 2 aliphatic rings. The van der Waals surface area contributed by atoms with Gasteiger partial charge < -0.3 is 14.1 Å². The molecule has 2 aromatic heterocycles. The van der Waals surface area contributed by atoms with E-state index in [0.29, 0.717) is 30.9 Å². The quantitative estimate of drug-likeness (QED) is 0.649. The minimum atomic E-state index is -0.357. The van der Waals surface area contributed by atoms with Crippen molar-refractivity contribution in [2.24, 2.45) is 0 Å². The van der Waals surface area contributed by atoms with E-state index in [1.807, 2.05) is 11.0 Å². The van der Waals surface area contributed by atoms with Crippen LogP contribution in [0.5, 0.6) is 5.75 Å². The third kappa shape index (κ3) is 3.83. The molecule has 1 aromatic carbocycles. The van der Waals surface area contributed by atoms with Crippen LogP contribution in [0.15, 0.2) is 33.5 Å². The summed E-state index contributed by atoms with van der Waals surface area (Å²) in [5.74, 6) is 0.745. The fourth-order valence-electron chi connectivity index (χ4n) is 4.62. The van der Waals surface area contributed by atoms with Gasteiger partial charge in [-0.15, -0.1) is 0 Å². The number of nitrogens with one attached hydrogen (secondary N) is 1. The fraction of sp³-hybridized carbons (Fsp3) is 0.435. The summed E-state index contributed by atoms with van der Waals surface area (Å²) >= 11 is 0. The van der Waals surface area contributed by atoms with Crippen LogP contribution in [0.3, 0.4) is 0 Å². The highest BCUT2D eigenvalue weighted by Gasteiger charge is 2.28. The number of amides is 1. The van der Waals surface area contributed by atoms with E-state index in [9.17, 15) is 9.59 Å². The van der Waals surface area contributed by atoms with Crippen molar-refractivity contribution < 1.29 is 13.9 Å². The Hall–Kier alpha value is -3.13. The van der Waals surface area contributed by atoms with E-state index in [2.05, 4.69) is 15.1 Å². The summed E-state index contributed by atoms with van der Waals surface area (Å²) in [6.45, 7) is 3.38. The van der Waals surface area contributed by atoms with Crippen molar-refractivity contribution in [3.63, 3.8) is 0 Å². The first-order valence-corrected chi connectivity index (χ1v) is 10.8. The second-order valence-electron chi connectivity index (χ2n) is 8.26. The number of aromatic amines is 1. The van der Waals surface area contributed by atoms with Gasteiger partial charge in [-0.2, -0.15) is 5.10 Å². The van der Waals surface area contributed by atoms with Crippen LogP contribution in [0, 0.1) is 0 Å². The minimum absolute atomic E-state index is 0.0228. The lowest BCUT2D eigenvalue weighted by Crippen LogP contribution is -2.48. The molecule has 0 atom stereocenters. The first-order chi connectivity index (χ1) is 15.1. The van der Waals surface area contributed by atoms with Gasteiger partial charge in [0.05, 0.1) is 7.11 Å². The van der Waals surface area contributed by atoms with Crippen LogP contribution in [-0.4, -0.2) is 59.2 Å². The van der Waals surface area contributed by atoms with Crippen molar-refractivity contribution in [2.75, 3.05) is 33.3 Å². The topological polar surface area (TPSA) is 91.7 Å². The first-order valence-electron chi connectivity index (χ1n) is 10.8. The number of nitrogens with zero attached hydrogens (tertiary/aromatic N) is 3. The van der Waals surface area contributed by atoms with Gasteiger partial charge in [0.1, 0.15) is 11.3 Å². The van der Waals surface area contributed by atoms with E-state index in [1.54, 1.807) is 25.3 Å². The van der Waals surface area contributed by atoms with Gasteiger partial charge in [-0.1, -0.05) is 0 Å². The van der Waals surface area contributed by atoms with Crippen molar-refractivity contribution in [3.05, 3.63) is 57.2 Å². The predicted octanol–water partition coefficient (Wildman–Crippen LogP) is 2.36. The molecule has 162 valence electrons. The molecule has 1 saturated heterocycles. The third-order valence-corrected chi connectivity index (χ3v) is 6.35. The maximum Gasteiger partial charge on any atom is 0.336 e. The highest BCUT2D eigenvalue weighted by atomic mass is 16.5. The average Bonchev–Trinajstić information content (AvgIpc) is 3.23. The van der Waals surface area contributed by atoms with Crippen molar-refractivity contribution in [2.45, 2.75) is 32.2 Å². The molecule has 3 heterocycles. The average molecular weight is 422 g/mol. The fourth-order valence-corrected chi connectivity index (χ4v) is 4.62. The smallest absolute Gasteiger partial charge is 0.336 e. The summed E-state index contributed by atoms with van der Waals surface area (Å²) in [4.78, 5) is 29.2. The van der Waals surface area contributed by atoms with Crippen LogP contribution < -0.4 is 10.4 Å².